The maximum atomic E-state index is 11.3. The van der Waals surface area contributed by atoms with Crippen LogP contribution in [0.2, 0.25) is 0 Å². The number of urea groups is 1. The Morgan fingerprint density at radius 2 is 2.35 bits per heavy atom. The summed E-state index contributed by atoms with van der Waals surface area (Å²) in [4.78, 5) is 11.3. The lowest BCUT2D eigenvalue weighted by Gasteiger charge is -2.22. The van der Waals surface area contributed by atoms with Crippen molar-refractivity contribution in [1.82, 2.24) is 20.4 Å². The Hall–Kier alpha value is -1.56. The second kappa shape index (κ2) is 5.67. The second-order valence-electron chi connectivity index (χ2n) is 4.17. The van der Waals surface area contributed by atoms with Crippen molar-refractivity contribution >= 4 is 11.7 Å². The van der Waals surface area contributed by atoms with Crippen molar-refractivity contribution in [2.45, 2.75) is 25.8 Å². The van der Waals surface area contributed by atoms with Crippen LogP contribution in [0.3, 0.4) is 0 Å². The third kappa shape index (κ3) is 3.20. The zero-order valence-electron chi connectivity index (χ0n) is 10.1. The number of hydrogen-bond donors (Lipinski definition) is 3. The Morgan fingerprint density at radius 1 is 1.59 bits per heavy atom. The lowest BCUT2D eigenvalue weighted by atomic mass is 10.1. The number of nitrogens with zero attached hydrogens (tertiary/aromatic N) is 2. The summed E-state index contributed by atoms with van der Waals surface area (Å²) in [5.41, 5.74) is 0.745. The van der Waals surface area contributed by atoms with Crippen molar-refractivity contribution in [2.75, 3.05) is 25.0 Å². The summed E-state index contributed by atoms with van der Waals surface area (Å²) in [6.45, 7) is 4.57. The van der Waals surface area contributed by atoms with E-state index < -0.39 is 0 Å². The number of carbonyl (C=O) groups excluding carboxylic acids is 1. The van der Waals surface area contributed by atoms with E-state index in [1.165, 1.54) is 0 Å². The molecule has 0 aromatic carbocycles. The minimum atomic E-state index is -0.183. The molecule has 17 heavy (non-hydrogen) atoms. The van der Waals surface area contributed by atoms with Gasteiger partial charge in [-0.25, -0.2) is 4.79 Å². The quantitative estimate of drug-likeness (QED) is 0.733. The number of aromatic nitrogens is 2. The van der Waals surface area contributed by atoms with Crippen LogP contribution in [-0.4, -0.2) is 35.4 Å². The fourth-order valence-electron chi connectivity index (χ4n) is 2.01. The van der Waals surface area contributed by atoms with Crippen molar-refractivity contribution in [1.29, 1.82) is 0 Å². The highest BCUT2D eigenvalue weighted by Gasteiger charge is 2.15. The van der Waals surface area contributed by atoms with Gasteiger partial charge < -0.3 is 16.0 Å². The SMILES string of the molecule is CCNC(=O)Nc1cnn(C2CCNCC2)c1. The van der Waals surface area contributed by atoms with Gasteiger partial charge in [-0.3, -0.25) is 4.68 Å². The topological polar surface area (TPSA) is 71.0 Å². The van der Waals surface area contributed by atoms with E-state index in [1.54, 1.807) is 6.20 Å². The Labute approximate surface area is 101 Å². The summed E-state index contributed by atoms with van der Waals surface area (Å²) in [5.74, 6) is 0. The summed E-state index contributed by atoms with van der Waals surface area (Å²) in [6.07, 6.45) is 5.76. The first kappa shape index (κ1) is 11.9. The van der Waals surface area contributed by atoms with Gasteiger partial charge >= 0.3 is 6.03 Å². The van der Waals surface area contributed by atoms with E-state index in [9.17, 15) is 4.79 Å². The highest BCUT2D eigenvalue weighted by atomic mass is 16.2. The number of amides is 2. The van der Waals surface area contributed by atoms with Crippen LogP contribution in [0.4, 0.5) is 10.5 Å². The van der Waals surface area contributed by atoms with Gasteiger partial charge in [0.05, 0.1) is 17.9 Å². The maximum Gasteiger partial charge on any atom is 0.319 e. The van der Waals surface area contributed by atoms with Crippen LogP contribution in [0.1, 0.15) is 25.8 Å². The molecule has 0 aliphatic carbocycles. The third-order valence-corrected chi connectivity index (χ3v) is 2.88. The Balaban J connectivity index is 1.93. The first-order valence-electron chi connectivity index (χ1n) is 6.09. The molecule has 1 aliphatic heterocycles. The molecule has 6 heteroatoms. The summed E-state index contributed by atoms with van der Waals surface area (Å²) < 4.78 is 1.95. The van der Waals surface area contributed by atoms with Crippen molar-refractivity contribution in [3.63, 3.8) is 0 Å². The highest BCUT2D eigenvalue weighted by Crippen LogP contribution is 2.19. The molecule has 0 spiro atoms. The molecule has 1 aliphatic rings. The molecular weight excluding hydrogens is 218 g/mol. The first-order chi connectivity index (χ1) is 8.29. The van der Waals surface area contributed by atoms with Gasteiger partial charge in [0.2, 0.25) is 0 Å². The predicted octanol–water partition coefficient (Wildman–Crippen LogP) is 0.949. The third-order valence-electron chi connectivity index (χ3n) is 2.88. The number of nitrogens with one attached hydrogen (secondary N) is 3. The molecule has 6 nitrogen and oxygen atoms in total. The Morgan fingerprint density at radius 3 is 3.06 bits per heavy atom. The van der Waals surface area contributed by atoms with Crippen molar-refractivity contribution < 1.29 is 4.79 Å². The molecule has 1 saturated heterocycles. The number of anilines is 1. The molecule has 2 rings (SSSR count). The molecule has 0 saturated carbocycles. The molecule has 0 bridgehead atoms. The van der Waals surface area contributed by atoms with Gasteiger partial charge in [-0.05, 0) is 32.9 Å². The van der Waals surface area contributed by atoms with Crippen LogP contribution < -0.4 is 16.0 Å². The van der Waals surface area contributed by atoms with Gasteiger partial charge in [0.25, 0.3) is 0 Å². The van der Waals surface area contributed by atoms with E-state index in [0.29, 0.717) is 12.6 Å². The molecule has 0 atom stereocenters. The van der Waals surface area contributed by atoms with Gasteiger partial charge in [-0.1, -0.05) is 0 Å². The summed E-state index contributed by atoms with van der Waals surface area (Å²) in [5, 5.41) is 13.1. The number of hydrogen-bond acceptors (Lipinski definition) is 3. The molecule has 0 radical (unpaired) electrons. The summed E-state index contributed by atoms with van der Waals surface area (Å²) in [7, 11) is 0. The van der Waals surface area contributed by atoms with E-state index in [0.717, 1.165) is 31.6 Å². The second-order valence-corrected chi connectivity index (χ2v) is 4.17. The van der Waals surface area contributed by atoms with Crippen LogP contribution in [0.15, 0.2) is 12.4 Å². The Bertz CT molecular complexity index is 370. The molecular formula is C11H19N5O. The van der Waals surface area contributed by atoms with Gasteiger partial charge in [0.1, 0.15) is 0 Å². The molecule has 0 unspecified atom stereocenters. The Kier molecular flexibility index (Phi) is 3.98. The zero-order chi connectivity index (χ0) is 12.1. The lowest BCUT2D eigenvalue weighted by Crippen LogP contribution is -2.29. The maximum absolute atomic E-state index is 11.3. The molecule has 1 fully saturated rings. The van der Waals surface area contributed by atoms with E-state index in [2.05, 4.69) is 21.0 Å². The van der Waals surface area contributed by atoms with E-state index >= 15 is 0 Å². The summed E-state index contributed by atoms with van der Waals surface area (Å²) in [6, 6.07) is 0.262. The lowest BCUT2D eigenvalue weighted by molar-refractivity contribution is 0.252. The van der Waals surface area contributed by atoms with Crippen LogP contribution in [0, 0.1) is 0 Å². The van der Waals surface area contributed by atoms with E-state index in [-0.39, 0.29) is 6.03 Å². The predicted molar refractivity (Wildman–Crippen MR) is 66.1 cm³/mol. The van der Waals surface area contributed by atoms with E-state index in [1.807, 2.05) is 17.8 Å². The largest absolute Gasteiger partial charge is 0.338 e. The molecule has 1 aromatic heterocycles. The zero-order valence-corrected chi connectivity index (χ0v) is 10.1. The van der Waals surface area contributed by atoms with Crippen molar-refractivity contribution in [2.24, 2.45) is 0 Å². The standard InChI is InChI=1S/C11H19N5O/c1-2-13-11(17)15-9-7-14-16(8-9)10-3-5-12-6-4-10/h7-8,10,12H,2-6H2,1H3,(H2,13,15,17). The molecule has 94 valence electrons. The van der Waals surface area contributed by atoms with Crippen LogP contribution in [0.25, 0.3) is 0 Å². The summed E-state index contributed by atoms with van der Waals surface area (Å²) >= 11 is 0. The minimum absolute atomic E-state index is 0.183. The van der Waals surface area contributed by atoms with Crippen molar-refractivity contribution in [3.05, 3.63) is 12.4 Å². The monoisotopic (exact) mass is 237 g/mol. The highest BCUT2D eigenvalue weighted by molar-refractivity contribution is 5.88. The average molecular weight is 237 g/mol. The van der Waals surface area contributed by atoms with Gasteiger partial charge in [0.15, 0.2) is 0 Å². The van der Waals surface area contributed by atoms with Crippen LogP contribution >= 0.6 is 0 Å². The smallest absolute Gasteiger partial charge is 0.319 e. The fourth-order valence-corrected chi connectivity index (χ4v) is 2.01. The van der Waals surface area contributed by atoms with Crippen LogP contribution in [-0.2, 0) is 0 Å². The minimum Gasteiger partial charge on any atom is -0.338 e. The number of piperidine rings is 1. The van der Waals surface area contributed by atoms with Gasteiger partial charge in [-0.2, -0.15) is 5.10 Å². The fraction of sp³-hybridized carbons (Fsp3) is 0.636. The van der Waals surface area contributed by atoms with Crippen molar-refractivity contribution in [3.8, 4) is 0 Å². The number of rotatable bonds is 3. The van der Waals surface area contributed by atoms with E-state index in [4.69, 9.17) is 0 Å². The molecule has 1 aromatic rings. The van der Waals surface area contributed by atoms with Crippen LogP contribution in [0.5, 0.6) is 0 Å². The molecule has 2 heterocycles. The van der Waals surface area contributed by atoms with Gasteiger partial charge in [-0.15, -0.1) is 0 Å². The molecule has 2 amide bonds. The van der Waals surface area contributed by atoms with Gasteiger partial charge in [0, 0.05) is 12.7 Å². The molecule has 3 N–H and O–H groups in total. The number of carbonyl (C=O) groups is 1. The first-order valence-corrected chi connectivity index (χ1v) is 6.09. The average Bonchev–Trinajstić information content (AvgIpc) is 2.79. The normalized spacial score (nSPS) is 16.8.